The predicted molar refractivity (Wildman–Crippen MR) is 158 cm³/mol. The number of sulfonamides is 1. The van der Waals surface area contributed by atoms with Crippen molar-refractivity contribution in [3.63, 3.8) is 0 Å². The highest BCUT2D eigenvalue weighted by molar-refractivity contribution is 7.89. The molecule has 5 aromatic rings. The summed E-state index contributed by atoms with van der Waals surface area (Å²) in [6, 6.07) is 28.5. The summed E-state index contributed by atoms with van der Waals surface area (Å²) in [7, 11) is -4.12. The van der Waals surface area contributed by atoms with Gasteiger partial charge in [0.1, 0.15) is 12.6 Å². The zero-order chi connectivity index (χ0) is 28.8. The maximum atomic E-state index is 13.4. The van der Waals surface area contributed by atoms with Gasteiger partial charge in [0, 0.05) is 34.8 Å². The number of carbonyl (C=O) groups is 2. The molecular formula is C32H29N3O5S. The quantitative estimate of drug-likeness (QED) is 0.196. The van der Waals surface area contributed by atoms with Gasteiger partial charge in [-0.15, -0.1) is 0 Å². The molecule has 1 heterocycles. The fraction of sp³-hybridized carbons (Fsp3) is 0.125. The fourth-order valence-corrected chi connectivity index (χ4v) is 5.59. The highest BCUT2D eigenvalue weighted by Crippen LogP contribution is 2.21. The number of para-hydroxylation sites is 1. The first-order valence-electron chi connectivity index (χ1n) is 13.0. The summed E-state index contributed by atoms with van der Waals surface area (Å²) in [6.07, 6.45) is 1.85. The van der Waals surface area contributed by atoms with E-state index in [9.17, 15) is 18.0 Å². The summed E-state index contributed by atoms with van der Waals surface area (Å²) in [5.74, 6) is -0.997. The molecule has 5 rings (SSSR count). The molecule has 0 aliphatic rings. The third-order valence-corrected chi connectivity index (χ3v) is 8.13. The third kappa shape index (κ3) is 6.89. The van der Waals surface area contributed by atoms with Crippen molar-refractivity contribution in [1.29, 1.82) is 0 Å². The molecule has 1 atom stereocenters. The Morgan fingerprint density at radius 1 is 0.854 bits per heavy atom. The van der Waals surface area contributed by atoms with Crippen molar-refractivity contribution in [1.82, 2.24) is 9.71 Å². The van der Waals surface area contributed by atoms with Crippen LogP contribution in [0.1, 0.15) is 27.0 Å². The number of rotatable bonds is 10. The van der Waals surface area contributed by atoms with Crippen LogP contribution in [0.15, 0.2) is 114 Å². The number of ether oxygens (including phenoxy) is 1. The lowest BCUT2D eigenvalue weighted by atomic mass is 10.1. The van der Waals surface area contributed by atoms with Crippen molar-refractivity contribution < 1.29 is 22.7 Å². The van der Waals surface area contributed by atoms with Gasteiger partial charge < -0.3 is 15.0 Å². The second kappa shape index (κ2) is 12.2. The van der Waals surface area contributed by atoms with Crippen LogP contribution in [0.25, 0.3) is 10.9 Å². The van der Waals surface area contributed by atoms with E-state index in [2.05, 4.69) is 15.0 Å². The van der Waals surface area contributed by atoms with Crippen LogP contribution in [0.5, 0.6) is 0 Å². The van der Waals surface area contributed by atoms with Crippen LogP contribution < -0.4 is 10.0 Å². The number of H-pyrrole nitrogens is 1. The lowest BCUT2D eigenvalue weighted by Crippen LogP contribution is -2.43. The van der Waals surface area contributed by atoms with E-state index in [4.69, 9.17) is 4.74 Å². The first-order chi connectivity index (χ1) is 19.8. The van der Waals surface area contributed by atoms with Crippen LogP contribution in [-0.2, 0) is 32.6 Å². The second-order valence-corrected chi connectivity index (χ2v) is 11.4. The van der Waals surface area contributed by atoms with E-state index >= 15 is 0 Å². The Balaban J connectivity index is 1.33. The molecule has 0 fully saturated rings. The molecule has 0 aliphatic carbocycles. The number of aromatic nitrogens is 1. The van der Waals surface area contributed by atoms with E-state index in [-0.39, 0.29) is 23.8 Å². The number of benzene rings is 4. The lowest BCUT2D eigenvalue weighted by molar-refractivity contribution is -0.147. The minimum Gasteiger partial charge on any atom is -0.460 e. The molecule has 9 heteroatoms. The fourth-order valence-electron chi connectivity index (χ4n) is 4.40. The normalized spacial score (nSPS) is 12.1. The Hall–Kier alpha value is -4.73. The Labute approximate surface area is 238 Å². The molecule has 3 N–H and O–H groups in total. The maximum Gasteiger partial charge on any atom is 0.324 e. The Kier molecular flexibility index (Phi) is 8.28. The van der Waals surface area contributed by atoms with Crippen molar-refractivity contribution in [2.24, 2.45) is 0 Å². The standard InChI is InChI=1S/C32H29N3O5S/c1-22-11-13-24(14-12-22)31(36)34-26-15-17-27(18-16-26)41(38,39)35-30(32(37)40-21-23-7-3-2-4-8-23)19-25-20-33-29-10-6-5-9-28(25)29/h2-18,20,30,33,35H,19,21H2,1H3,(H,34,36)/t30-/m0/s1. The first kappa shape index (κ1) is 27.8. The highest BCUT2D eigenvalue weighted by Gasteiger charge is 2.28. The van der Waals surface area contributed by atoms with Crippen molar-refractivity contribution in [3.05, 3.63) is 132 Å². The summed E-state index contributed by atoms with van der Waals surface area (Å²) in [5.41, 5.74) is 4.41. The number of fused-ring (bicyclic) bond motifs is 1. The number of esters is 1. The monoisotopic (exact) mass is 567 g/mol. The largest absolute Gasteiger partial charge is 0.460 e. The predicted octanol–water partition coefficient (Wildman–Crippen LogP) is 5.36. The smallest absolute Gasteiger partial charge is 0.324 e. The molecule has 1 aromatic heterocycles. The number of carbonyl (C=O) groups excluding carboxylic acids is 2. The summed E-state index contributed by atoms with van der Waals surface area (Å²) in [4.78, 5) is 28.9. The molecule has 0 saturated heterocycles. The molecule has 1 amide bonds. The van der Waals surface area contributed by atoms with Gasteiger partial charge in [-0.3, -0.25) is 9.59 Å². The molecule has 41 heavy (non-hydrogen) atoms. The molecule has 0 radical (unpaired) electrons. The van der Waals surface area contributed by atoms with Crippen LogP contribution in [0.3, 0.4) is 0 Å². The van der Waals surface area contributed by atoms with E-state index in [1.807, 2.05) is 73.7 Å². The Morgan fingerprint density at radius 3 is 2.27 bits per heavy atom. The van der Waals surface area contributed by atoms with Crippen LogP contribution in [-0.4, -0.2) is 31.3 Å². The average Bonchev–Trinajstić information content (AvgIpc) is 3.39. The molecule has 0 spiro atoms. The Bertz CT molecular complexity index is 1760. The van der Waals surface area contributed by atoms with Gasteiger partial charge in [0.05, 0.1) is 4.90 Å². The number of nitrogens with one attached hydrogen (secondary N) is 3. The van der Waals surface area contributed by atoms with Crippen LogP contribution >= 0.6 is 0 Å². The SMILES string of the molecule is Cc1ccc(C(=O)Nc2ccc(S(=O)(=O)N[C@@H](Cc3c[nH]c4ccccc34)C(=O)OCc3ccccc3)cc2)cc1. The summed E-state index contributed by atoms with van der Waals surface area (Å²) < 4.78 is 34.8. The number of amides is 1. The van der Waals surface area contributed by atoms with Gasteiger partial charge in [0.25, 0.3) is 5.91 Å². The number of hydrogen-bond acceptors (Lipinski definition) is 5. The molecule has 0 saturated carbocycles. The van der Waals surface area contributed by atoms with Gasteiger partial charge in [0.2, 0.25) is 10.0 Å². The minimum absolute atomic E-state index is 0.0150. The van der Waals surface area contributed by atoms with Gasteiger partial charge in [-0.25, -0.2) is 8.42 Å². The van der Waals surface area contributed by atoms with Gasteiger partial charge in [-0.05, 0) is 60.5 Å². The number of anilines is 1. The van der Waals surface area contributed by atoms with E-state index < -0.39 is 22.0 Å². The van der Waals surface area contributed by atoms with Crippen LogP contribution in [0, 0.1) is 6.92 Å². The maximum absolute atomic E-state index is 13.4. The van der Waals surface area contributed by atoms with Gasteiger partial charge in [-0.2, -0.15) is 4.72 Å². The summed E-state index contributed by atoms with van der Waals surface area (Å²) >= 11 is 0. The summed E-state index contributed by atoms with van der Waals surface area (Å²) in [5, 5.41) is 3.65. The van der Waals surface area contributed by atoms with E-state index in [0.29, 0.717) is 11.3 Å². The topological polar surface area (TPSA) is 117 Å². The van der Waals surface area contributed by atoms with Gasteiger partial charge in [-0.1, -0.05) is 66.2 Å². The molecule has 0 aliphatic heterocycles. The molecule has 8 nitrogen and oxygen atoms in total. The highest BCUT2D eigenvalue weighted by atomic mass is 32.2. The van der Waals surface area contributed by atoms with E-state index in [0.717, 1.165) is 27.6 Å². The van der Waals surface area contributed by atoms with Crippen molar-refractivity contribution >= 4 is 38.5 Å². The number of aryl methyl sites for hydroxylation is 1. The van der Waals surface area contributed by atoms with E-state index in [1.54, 1.807) is 18.3 Å². The molecular weight excluding hydrogens is 538 g/mol. The second-order valence-electron chi connectivity index (χ2n) is 9.68. The Morgan fingerprint density at radius 2 is 1.54 bits per heavy atom. The van der Waals surface area contributed by atoms with Crippen LogP contribution in [0.4, 0.5) is 5.69 Å². The van der Waals surface area contributed by atoms with Crippen molar-refractivity contribution in [3.8, 4) is 0 Å². The molecule has 0 unspecified atom stereocenters. The zero-order valence-electron chi connectivity index (χ0n) is 22.3. The van der Waals surface area contributed by atoms with Crippen molar-refractivity contribution in [2.45, 2.75) is 30.9 Å². The molecule has 208 valence electrons. The number of aromatic amines is 1. The van der Waals surface area contributed by atoms with Gasteiger partial charge >= 0.3 is 5.97 Å². The molecule has 0 bridgehead atoms. The first-order valence-corrected chi connectivity index (χ1v) is 14.5. The number of hydrogen-bond donors (Lipinski definition) is 3. The third-order valence-electron chi connectivity index (χ3n) is 6.64. The van der Waals surface area contributed by atoms with Crippen LogP contribution in [0.2, 0.25) is 0 Å². The zero-order valence-corrected chi connectivity index (χ0v) is 23.1. The van der Waals surface area contributed by atoms with E-state index in [1.165, 1.54) is 24.3 Å². The van der Waals surface area contributed by atoms with Crippen molar-refractivity contribution in [2.75, 3.05) is 5.32 Å². The average molecular weight is 568 g/mol. The summed E-state index contributed by atoms with van der Waals surface area (Å²) in [6.45, 7) is 1.95. The van der Waals surface area contributed by atoms with Gasteiger partial charge in [0.15, 0.2) is 0 Å². The lowest BCUT2D eigenvalue weighted by Gasteiger charge is -2.18. The molecule has 4 aromatic carbocycles. The minimum atomic E-state index is -4.12.